The second-order valence-corrected chi connectivity index (χ2v) is 5.89. The highest BCUT2D eigenvalue weighted by Gasteiger charge is 2.14. The number of anilines is 2. The van der Waals surface area contributed by atoms with Crippen LogP contribution in [0.4, 0.5) is 11.4 Å². The van der Waals surface area contributed by atoms with Gasteiger partial charge in [0.05, 0.1) is 11.4 Å². The maximum Gasteiger partial charge on any atom is 0.255 e. The number of carbonyl (C=O) groups excluding carboxylic acids is 2. The smallest absolute Gasteiger partial charge is 0.255 e. The van der Waals surface area contributed by atoms with E-state index in [0.717, 1.165) is 12.1 Å². The third-order valence-corrected chi connectivity index (χ3v) is 3.85. The average Bonchev–Trinajstić information content (AvgIpc) is 2.66. The number of phenols is 4. The molecule has 0 aliphatic heterocycles. The van der Waals surface area contributed by atoms with Crippen molar-refractivity contribution in [1.82, 2.24) is 0 Å². The van der Waals surface area contributed by atoms with Crippen molar-refractivity contribution in [2.45, 2.75) is 0 Å². The Morgan fingerprint density at radius 3 is 1.43 bits per heavy atom. The van der Waals surface area contributed by atoms with Crippen molar-refractivity contribution in [3.8, 4) is 23.0 Å². The van der Waals surface area contributed by atoms with Crippen LogP contribution in [0.2, 0.25) is 0 Å². The molecule has 0 saturated heterocycles. The van der Waals surface area contributed by atoms with Gasteiger partial charge in [-0.3, -0.25) is 9.59 Å². The summed E-state index contributed by atoms with van der Waals surface area (Å²) >= 11 is 0. The van der Waals surface area contributed by atoms with Crippen molar-refractivity contribution in [1.29, 1.82) is 0 Å². The third-order valence-electron chi connectivity index (χ3n) is 3.85. The molecule has 0 spiro atoms. The van der Waals surface area contributed by atoms with E-state index in [0.29, 0.717) is 0 Å². The predicted molar refractivity (Wildman–Crippen MR) is 102 cm³/mol. The lowest BCUT2D eigenvalue weighted by molar-refractivity contribution is 0.102. The van der Waals surface area contributed by atoms with Crippen molar-refractivity contribution in [2.75, 3.05) is 10.6 Å². The fourth-order valence-corrected chi connectivity index (χ4v) is 2.44. The van der Waals surface area contributed by atoms with Crippen LogP contribution < -0.4 is 10.6 Å². The Labute approximate surface area is 159 Å². The summed E-state index contributed by atoms with van der Waals surface area (Å²) in [7, 11) is 0. The van der Waals surface area contributed by atoms with Crippen LogP contribution in [0.25, 0.3) is 0 Å². The molecule has 3 aromatic carbocycles. The van der Waals surface area contributed by atoms with E-state index >= 15 is 0 Å². The Balaban J connectivity index is 1.77. The fraction of sp³-hybridized carbons (Fsp3) is 0. The van der Waals surface area contributed by atoms with Crippen LogP contribution >= 0.6 is 0 Å². The maximum atomic E-state index is 12.4. The monoisotopic (exact) mass is 380 g/mol. The quantitative estimate of drug-likeness (QED) is 0.304. The number of benzene rings is 3. The molecule has 0 aromatic heterocycles. The minimum atomic E-state index is -0.567. The number of rotatable bonds is 4. The van der Waals surface area contributed by atoms with Crippen molar-refractivity contribution < 1.29 is 30.0 Å². The minimum absolute atomic E-state index is 0.103. The first-order valence-corrected chi connectivity index (χ1v) is 8.10. The summed E-state index contributed by atoms with van der Waals surface area (Å²) in [4.78, 5) is 24.8. The molecular weight excluding hydrogens is 364 g/mol. The summed E-state index contributed by atoms with van der Waals surface area (Å²) < 4.78 is 0. The standard InChI is InChI=1S/C20H16N2O6/c23-13-4-6-15(17(25)9-13)21-19(27)11-2-1-3-12(8-11)20(28)22-16-7-5-14(24)10-18(16)26/h1-10,23-26H,(H,21,27)(H,22,28). The lowest BCUT2D eigenvalue weighted by Crippen LogP contribution is -2.15. The lowest BCUT2D eigenvalue weighted by atomic mass is 10.1. The molecule has 0 heterocycles. The highest BCUT2D eigenvalue weighted by atomic mass is 16.3. The molecule has 142 valence electrons. The summed E-state index contributed by atoms with van der Waals surface area (Å²) in [5.74, 6) is -2.03. The molecule has 0 atom stereocenters. The van der Waals surface area contributed by atoms with Crippen molar-refractivity contribution >= 4 is 23.2 Å². The molecular formula is C20H16N2O6. The highest BCUT2D eigenvalue weighted by Crippen LogP contribution is 2.29. The molecule has 3 rings (SSSR count). The molecule has 0 aliphatic rings. The average molecular weight is 380 g/mol. The minimum Gasteiger partial charge on any atom is -0.508 e. The topological polar surface area (TPSA) is 139 Å². The molecule has 0 saturated carbocycles. The molecule has 8 heteroatoms. The third kappa shape index (κ3) is 4.13. The molecule has 3 aromatic rings. The van der Waals surface area contributed by atoms with Gasteiger partial charge in [-0.05, 0) is 42.5 Å². The molecule has 6 N–H and O–H groups in total. The molecule has 8 nitrogen and oxygen atoms in total. The maximum absolute atomic E-state index is 12.4. The molecule has 0 unspecified atom stereocenters. The highest BCUT2D eigenvalue weighted by molar-refractivity contribution is 6.09. The van der Waals surface area contributed by atoms with E-state index in [2.05, 4.69) is 10.6 Å². The van der Waals surface area contributed by atoms with Crippen LogP contribution in [0.1, 0.15) is 20.7 Å². The summed E-state index contributed by atoms with van der Waals surface area (Å²) in [5.41, 5.74) is 0.531. The van der Waals surface area contributed by atoms with E-state index < -0.39 is 11.8 Å². The van der Waals surface area contributed by atoms with Gasteiger partial charge in [-0.1, -0.05) is 6.07 Å². The summed E-state index contributed by atoms with van der Waals surface area (Å²) in [6.07, 6.45) is 0. The largest absolute Gasteiger partial charge is 0.508 e. The van der Waals surface area contributed by atoms with Gasteiger partial charge in [0.15, 0.2) is 0 Å². The van der Waals surface area contributed by atoms with E-state index in [1.807, 2.05) is 0 Å². The predicted octanol–water partition coefficient (Wildman–Crippen LogP) is 3.01. The molecule has 0 radical (unpaired) electrons. The van der Waals surface area contributed by atoms with Gasteiger partial charge >= 0.3 is 0 Å². The molecule has 0 fully saturated rings. The fourth-order valence-electron chi connectivity index (χ4n) is 2.44. The normalized spacial score (nSPS) is 10.3. The van der Waals surface area contributed by atoms with Gasteiger partial charge in [0.1, 0.15) is 23.0 Å². The zero-order valence-corrected chi connectivity index (χ0v) is 14.4. The number of hydrogen-bond acceptors (Lipinski definition) is 6. The van der Waals surface area contributed by atoms with Crippen LogP contribution in [0.15, 0.2) is 60.7 Å². The SMILES string of the molecule is O=C(Nc1ccc(O)cc1O)c1cccc(C(=O)Nc2ccc(O)cc2O)c1. The number of phenolic OH excluding ortho intramolecular Hbond substituents is 4. The molecule has 0 aliphatic carbocycles. The first-order chi connectivity index (χ1) is 13.3. The van der Waals surface area contributed by atoms with Gasteiger partial charge in [0, 0.05) is 23.3 Å². The summed E-state index contributed by atoms with van der Waals surface area (Å²) in [6.45, 7) is 0. The molecule has 0 bridgehead atoms. The van der Waals surface area contributed by atoms with E-state index in [1.165, 1.54) is 48.5 Å². The summed E-state index contributed by atoms with van der Waals surface area (Å²) in [5, 5.41) is 43.1. The van der Waals surface area contributed by atoms with Crippen LogP contribution in [-0.4, -0.2) is 32.2 Å². The number of carbonyl (C=O) groups is 2. The Morgan fingerprint density at radius 2 is 1.04 bits per heavy atom. The number of hydrogen-bond donors (Lipinski definition) is 6. The first-order valence-electron chi connectivity index (χ1n) is 8.10. The van der Waals surface area contributed by atoms with Crippen LogP contribution in [0.3, 0.4) is 0 Å². The van der Waals surface area contributed by atoms with Crippen LogP contribution in [0, 0.1) is 0 Å². The van der Waals surface area contributed by atoms with Crippen LogP contribution in [-0.2, 0) is 0 Å². The molecule has 2 amide bonds. The van der Waals surface area contributed by atoms with Gasteiger partial charge in [-0.25, -0.2) is 0 Å². The van der Waals surface area contributed by atoms with Gasteiger partial charge in [0.2, 0.25) is 0 Å². The Morgan fingerprint density at radius 1 is 0.607 bits per heavy atom. The second-order valence-electron chi connectivity index (χ2n) is 5.89. The first kappa shape index (κ1) is 18.6. The van der Waals surface area contributed by atoms with Gasteiger partial charge < -0.3 is 31.1 Å². The van der Waals surface area contributed by atoms with E-state index in [9.17, 15) is 30.0 Å². The Kier molecular flexibility index (Phi) is 5.03. The van der Waals surface area contributed by atoms with Crippen LogP contribution in [0.5, 0.6) is 23.0 Å². The van der Waals surface area contributed by atoms with E-state index in [4.69, 9.17) is 0 Å². The summed E-state index contributed by atoms with van der Waals surface area (Å²) in [6, 6.07) is 13.3. The number of aromatic hydroxyl groups is 4. The lowest BCUT2D eigenvalue weighted by Gasteiger charge is -2.10. The zero-order valence-electron chi connectivity index (χ0n) is 14.4. The van der Waals surface area contributed by atoms with Crippen molar-refractivity contribution in [2.24, 2.45) is 0 Å². The number of nitrogens with one attached hydrogen (secondary N) is 2. The van der Waals surface area contributed by atoms with E-state index in [-0.39, 0.29) is 45.5 Å². The number of amides is 2. The zero-order chi connectivity index (χ0) is 20.3. The van der Waals surface area contributed by atoms with Crippen molar-refractivity contribution in [3.63, 3.8) is 0 Å². The molecule has 28 heavy (non-hydrogen) atoms. The van der Waals surface area contributed by atoms with Gasteiger partial charge in [-0.15, -0.1) is 0 Å². The van der Waals surface area contributed by atoms with E-state index in [1.54, 1.807) is 0 Å². The van der Waals surface area contributed by atoms with Crippen molar-refractivity contribution in [3.05, 3.63) is 71.8 Å². The van der Waals surface area contributed by atoms with Gasteiger partial charge in [-0.2, -0.15) is 0 Å². The van der Waals surface area contributed by atoms with Gasteiger partial charge in [0.25, 0.3) is 11.8 Å². The second kappa shape index (κ2) is 7.58. The Hall–Kier alpha value is -4.20. The Bertz CT molecular complexity index is 984.